The Morgan fingerprint density at radius 2 is 2.00 bits per heavy atom. The van der Waals surface area contributed by atoms with Crippen molar-refractivity contribution in [1.82, 2.24) is 14.7 Å². The van der Waals surface area contributed by atoms with Gasteiger partial charge in [-0.3, -0.25) is 24.1 Å². The summed E-state index contributed by atoms with van der Waals surface area (Å²) in [4.78, 5) is 39.1. The van der Waals surface area contributed by atoms with Crippen molar-refractivity contribution < 1.29 is 19.2 Å². The fourth-order valence-electron chi connectivity index (χ4n) is 2.95. The molecule has 3 rings (SSSR count). The Balaban J connectivity index is 2.02. The van der Waals surface area contributed by atoms with Crippen LogP contribution in [0.2, 0.25) is 0 Å². The summed E-state index contributed by atoms with van der Waals surface area (Å²) in [6.07, 6.45) is 1.65. The molecule has 0 unspecified atom stereocenters. The lowest BCUT2D eigenvalue weighted by atomic mass is 10.1. The van der Waals surface area contributed by atoms with Crippen LogP contribution >= 0.6 is 0 Å². The van der Waals surface area contributed by atoms with Crippen LogP contribution in [-0.2, 0) is 9.53 Å². The van der Waals surface area contributed by atoms with Crippen LogP contribution in [0.5, 0.6) is 0 Å². The van der Waals surface area contributed by atoms with Crippen LogP contribution in [-0.4, -0.2) is 52.4 Å². The summed E-state index contributed by atoms with van der Waals surface area (Å²) in [7, 11) is 0. The molecule has 0 fully saturated rings. The number of nitrogens with two attached hydrogens (primary N) is 1. The summed E-state index contributed by atoms with van der Waals surface area (Å²) in [6.45, 7) is 2.54. The molecule has 31 heavy (non-hydrogen) atoms. The van der Waals surface area contributed by atoms with Gasteiger partial charge in [0.2, 0.25) is 0 Å². The van der Waals surface area contributed by atoms with Crippen molar-refractivity contribution in [3.8, 4) is 11.3 Å². The minimum absolute atomic E-state index is 0.0487. The third-order valence-electron chi connectivity index (χ3n) is 4.38. The van der Waals surface area contributed by atoms with E-state index in [1.165, 1.54) is 12.1 Å². The fourth-order valence-corrected chi connectivity index (χ4v) is 2.95. The second kappa shape index (κ2) is 9.67. The van der Waals surface area contributed by atoms with Crippen molar-refractivity contribution in [2.24, 2.45) is 5.73 Å². The highest BCUT2D eigenvalue weighted by Crippen LogP contribution is 2.30. The van der Waals surface area contributed by atoms with E-state index in [0.29, 0.717) is 41.4 Å². The normalized spacial score (nSPS) is 10.6. The Kier molecular flexibility index (Phi) is 6.78. The first-order valence-electron chi connectivity index (χ1n) is 9.59. The van der Waals surface area contributed by atoms with E-state index in [-0.39, 0.29) is 24.7 Å². The number of benzene rings is 1. The molecule has 0 aliphatic carbocycles. The molecule has 0 aliphatic heterocycles. The van der Waals surface area contributed by atoms with Crippen LogP contribution in [0.15, 0.2) is 42.6 Å². The quantitative estimate of drug-likeness (QED) is 0.265. The number of rotatable bonds is 9. The van der Waals surface area contributed by atoms with E-state index in [9.17, 15) is 19.7 Å². The maximum Gasteiger partial charge on any atom is 0.325 e. The van der Waals surface area contributed by atoms with Gasteiger partial charge in [0.15, 0.2) is 0 Å². The van der Waals surface area contributed by atoms with E-state index in [2.05, 4.69) is 15.6 Å². The summed E-state index contributed by atoms with van der Waals surface area (Å²) in [5, 5.41) is 16.7. The third kappa shape index (κ3) is 4.95. The lowest BCUT2D eigenvalue weighted by molar-refractivity contribution is -0.384. The number of nitrogens with one attached hydrogen (secondary N) is 2. The number of aromatic nitrogens is 2. The number of carbonyl (C=O) groups is 2. The largest absolute Gasteiger partial charge is 0.465 e. The lowest BCUT2D eigenvalue weighted by Crippen LogP contribution is -2.29. The molecule has 3 aromatic rings. The van der Waals surface area contributed by atoms with Crippen molar-refractivity contribution in [2.75, 3.05) is 31.6 Å². The van der Waals surface area contributed by atoms with Gasteiger partial charge in [-0.1, -0.05) is 0 Å². The zero-order valence-corrected chi connectivity index (χ0v) is 16.8. The first kappa shape index (κ1) is 21.7. The first-order valence-corrected chi connectivity index (χ1v) is 9.59. The second-order valence-corrected chi connectivity index (χ2v) is 6.46. The number of carbonyl (C=O) groups excluding carboxylic acids is 2. The molecule has 0 spiro atoms. The van der Waals surface area contributed by atoms with Crippen molar-refractivity contribution in [3.63, 3.8) is 0 Å². The van der Waals surface area contributed by atoms with Gasteiger partial charge in [-0.25, -0.2) is 4.98 Å². The van der Waals surface area contributed by atoms with Gasteiger partial charge >= 0.3 is 5.97 Å². The molecule has 0 saturated heterocycles. The molecule has 4 N–H and O–H groups in total. The van der Waals surface area contributed by atoms with Gasteiger partial charge in [-0.2, -0.15) is 0 Å². The predicted octanol–water partition coefficient (Wildman–Crippen LogP) is 1.57. The molecule has 11 heteroatoms. The van der Waals surface area contributed by atoms with E-state index in [1.807, 2.05) is 0 Å². The molecule has 0 aliphatic rings. The maximum atomic E-state index is 12.3. The van der Waals surface area contributed by atoms with Crippen LogP contribution in [0.25, 0.3) is 16.9 Å². The third-order valence-corrected chi connectivity index (χ3v) is 4.38. The monoisotopic (exact) mass is 426 g/mol. The highest BCUT2D eigenvalue weighted by Gasteiger charge is 2.18. The number of hydrogen-bond donors (Lipinski definition) is 3. The molecule has 2 aromatic heterocycles. The highest BCUT2D eigenvalue weighted by molar-refractivity contribution is 5.95. The number of nitrogens with zero attached hydrogens (tertiary/aromatic N) is 3. The molecule has 0 radical (unpaired) electrons. The topological polar surface area (TPSA) is 154 Å². The zero-order valence-electron chi connectivity index (χ0n) is 16.8. The Hall–Kier alpha value is -3.99. The Bertz CT molecular complexity index is 1110. The average Bonchev–Trinajstić information content (AvgIpc) is 3.14. The van der Waals surface area contributed by atoms with Crippen LogP contribution in [0, 0.1) is 10.1 Å². The Labute approximate surface area is 177 Å². The molecule has 0 atom stereocenters. The minimum atomic E-state index is -0.487. The lowest BCUT2D eigenvalue weighted by Gasteiger charge is -2.09. The van der Waals surface area contributed by atoms with Gasteiger partial charge in [0.1, 0.15) is 23.7 Å². The van der Waals surface area contributed by atoms with Gasteiger partial charge in [0.05, 0.1) is 11.5 Å². The molecule has 2 heterocycles. The van der Waals surface area contributed by atoms with Crippen LogP contribution < -0.4 is 16.4 Å². The van der Waals surface area contributed by atoms with Crippen molar-refractivity contribution in [3.05, 3.63) is 58.3 Å². The number of non-ortho nitro benzene ring substituents is 1. The van der Waals surface area contributed by atoms with E-state index >= 15 is 0 Å². The maximum absolute atomic E-state index is 12.3. The van der Waals surface area contributed by atoms with Gasteiger partial charge in [-0.05, 0) is 31.2 Å². The number of nitro groups is 1. The zero-order chi connectivity index (χ0) is 22.4. The van der Waals surface area contributed by atoms with Crippen LogP contribution in [0.1, 0.15) is 17.3 Å². The summed E-state index contributed by atoms with van der Waals surface area (Å²) < 4.78 is 6.65. The number of amides is 1. The fraction of sp³-hybridized carbons (Fsp3) is 0.250. The number of hydrogen-bond acceptors (Lipinski definition) is 8. The Morgan fingerprint density at radius 3 is 2.65 bits per heavy atom. The number of nitro benzene ring substituents is 1. The molecule has 11 nitrogen and oxygen atoms in total. The minimum Gasteiger partial charge on any atom is -0.465 e. The predicted molar refractivity (Wildman–Crippen MR) is 114 cm³/mol. The number of imidazole rings is 1. The van der Waals surface area contributed by atoms with Crippen molar-refractivity contribution in [1.29, 1.82) is 0 Å². The Morgan fingerprint density at radius 1 is 1.26 bits per heavy atom. The second-order valence-electron chi connectivity index (χ2n) is 6.46. The molecule has 1 amide bonds. The molecule has 162 valence electrons. The average molecular weight is 426 g/mol. The first-order chi connectivity index (χ1) is 14.9. The number of fused-ring (bicyclic) bond motifs is 1. The van der Waals surface area contributed by atoms with Gasteiger partial charge in [0.25, 0.3) is 11.6 Å². The molecular formula is C20H22N6O5. The van der Waals surface area contributed by atoms with Gasteiger partial charge in [0, 0.05) is 42.5 Å². The summed E-state index contributed by atoms with van der Waals surface area (Å²) in [5.74, 6) is -0.232. The number of pyridine rings is 1. The summed E-state index contributed by atoms with van der Waals surface area (Å²) >= 11 is 0. The van der Waals surface area contributed by atoms with E-state index in [1.54, 1.807) is 41.8 Å². The molecular weight excluding hydrogens is 404 g/mol. The smallest absolute Gasteiger partial charge is 0.325 e. The molecule has 1 aromatic carbocycles. The number of ether oxygens (including phenoxy) is 1. The van der Waals surface area contributed by atoms with Gasteiger partial charge in [-0.15, -0.1) is 0 Å². The standard InChI is InChI=1S/C20H22N6O5/c1-2-31-17(27)12-23-19-18(13-3-5-15(6-4-13)26(29)30)24-16-11-14(7-10-25(16)19)20(28)22-9-8-21/h3-7,10-11,23H,2,8-9,12,21H2,1H3,(H,22,28). The van der Waals surface area contributed by atoms with E-state index in [0.717, 1.165) is 0 Å². The summed E-state index contributed by atoms with van der Waals surface area (Å²) in [5.41, 5.74) is 7.31. The number of esters is 1. The summed E-state index contributed by atoms with van der Waals surface area (Å²) in [6, 6.07) is 9.13. The molecule has 0 saturated carbocycles. The molecule has 0 bridgehead atoms. The SMILES string of the molecule is CCOC(=O)CNc1c(-c2ccc([N+](=O)[O-])cc2)nc2cc(C(=O)NCCN)ccn12. The number of anilines is 1. The van der Waals surface area contributed by atoms with Crippen LogP contribution in [0.4, 0.5) is 11.5 Å². The van der Waals surface area contributed by atoms with Gasteiger partial charge < -0.3 is 21.1 Å². The van der Waals surface area contributed by atoms with Crippen molar-refractivity contribution in [2.45, 2.75) is 6.92 Å². The highest BCUT2D eigenvalue weighted by atomic mass is 16.6. The van der Waals surface area contributed by atoms with E-state index < -0.39 is 10.9 Å². The van der Waals surface area contributed by atoms with E-state index in [4.69, 9.17) is 10.5 Å². The van der Waals surface area contributed by atoms with Crippen LogP contribution in [0.3, 0.4) is 0 Å². The van der Waals surface area contributed by atoms with Crippen molar-refractivity contribution >= 4 is 29.0 Å².